The number of methoxy groups -OCH3 is 1. The summed E-state index contributed by atoms with van der Waals surface area (Å²) in [7, 11) is 1.51. The van der Waals surface area contributed by atoms with Crippen LogP contribution in [0.15, 0.2) is 0 Å². The van der Waals surface area contributed by atoms with E-state index in [0.717, 1.165) is 25.8 Å². The number of nitrogens with zero attached hydrogens (tertiary/aromatic N) is 1. The molecule has 1 saturated carbocycles. The van der Waals surface area contributed by atoms with E-state index in [1.54, 1.807) is 0 Å². The van der Waals surface area contributed by atoms with E-state index in [1.165, 1.54) is 26.4 Å². The highest BCUT2D eigenvalue weighted by molar-refractivity contribution is 5.81. The minimum atomic E-state index is -0.496. The van der Waals surface area contributed by atoms with Crippen LogP contribution in [0.1, 0.15) is 66.2 Å². The van der Waals surface area contributed by atoms with E-state index in [1.807, 2.05) is 0 Å². The number of esters is 1. The number of nitrogens with one attached hydrogen (secondary N) is 1. The normalized spacial score (nSPS) is 33.3. The lowest BCUT2D eigenvalue weighted by atomic mass is 9.77. The van der Waals surface area contributed by atoms with Crippen LogP contribution >= 0.6 is 0 Å². The Labute approximate surface area is 129 Å². The van der Waals surface area contributed by atoms with Crippen LogP contribution in [0.2, 0.25) is 0 Å². The lowest BCUT2D eigenvalue weighted by molar-refractivity contribution is -0.152. The van der Waals surface area contributed by atoms with E-state index in [0.29, 0.717) is 6.04 Å². The highest BCUT2D eigenvalue weighted by Gasteiger charge is 2.48. The molecule has 1 aliphatic carbocycles. The van der Waals surface area contributed by atoms with E-state index >= 15 is 0 Å². The number of rotatable bonds is 4. The number of hydrogen-bond acceptors (Lipinski definition) is 4. The molecule has 1 N–H and O–H groups in total. The molecule has 21 heavy (non-hydrogen) atoms. The summed E-state index contributed by atoms with van der Waals surface area (Å²) in [6.07, 6.45) is 6.58. The highest BCUT2D eigenvalue weighted by Crippen LogP contribution is 2.39. The monoisotopic (exact) mass is 296 g/mol. The van der Waals surface area contributed by atoms with Crippen LogP contribution < -0.4 is 5.32 Å². The fourth-order valence-electron chi connectivity index (χ4n) is 4.44. The lowest BCUT2D eigenvalue weighted by Gasteiger charge is -2.47. The largest absolute Gasteiger partial charge is 0.468 e. The fourth-order valence-corrected chi connectivity index (χ4v) is 4.44. The number of likely N-dealkylation sites (tertiary alicyclic amines) is 1. The maximum absolute atomic E-state index is 12.4. The van der Waals surface area contributed by atoms with Gasteiger partial charge in [-0.15, -0.1) is 0 Å². The van der Waals surface area contributed by atoms with Gasteiger partial charge in [-0.3, -0.25) is 15.0 Å². The first-order valence-corrected chi connectivity index (χ1v) is 8.44. The van der Waals surface area contributed by atoms with Gasteiger partial charge in [-0.2, -0.15) is 0 Å². The van der Waals surface area contributed by atoms with Gasteiger partial charge in [-0.25, -0.2) is 0 Å². The Kier molecular flexibility index (Phi) is 4.99. The average molecular weight is 296 g/mol. The van der Waals surface area contributed by atoms with Crippen LogP contribution in [-0.4, -0.2) is 47.7 Å². The predicted octanol–water partition coefficient (Wildman–Crippen LogP) is 2.71. The van der Waals surface area contributed by atoms with Crippen molar-refractivity contribution < 1.29 is 9.53 Å². The molecule has 4 nitrogen and oxygen atoms in total. The van der Waals surface area contributed by atoms with E-state index in [-0.39, 0.29) is 17.6 Å². The summed E-state index contributed by atoms with van der Waals surface area (Å²) < 4.78 is 5.14. The highest BCUT2D eigenvalue weighted by atomic mass is 16.5. The second kappa shape index (κ2) is 6.25. The van der Waals surface area contributed by atoms with Gasteiger partial charge in [0, 0.05) is 17.6 Å². The maximum Gasteiger partial charge on any atom is 0.326 e. The Bertz CT molecular complexity index is 381. The summed E-state index contributed by atoms with van der Waals surface area (Å²) in [6, 6.07) is 0.774. The summed E-state index contributed by atoms with van der Waals surface area (Å²) >= 11 is 0. The molecular weight excluding hydrogens is 264 g/mol. The Morgan fingerprint density at radius 3 is 2.52 bits per heavy atom. The van der Waals surface area contributed by atoms with Crippen LogP contribution in [0.5, 0.6) is 0 Å². The second-order valence-electron chi connectivity index (χ2n) is 7.73. The van der Waals surface area contributed by atoms with Crippen LogP contribution in [0.4, 0.5) is 0 Å². The van der Waals surface area contributed by atoms with Crippen molar-refractivity contribution in [3.8, 4) is 0 Å². The van der Waals surface area contributed by atoms with E-state index in [2.05, 4.69) is 37.9 Å². The number of ether oxygens (including phenoxy) is 1. The van der Waals surface area contributed by atoms with Gasteiger partial charge >= 0.3 is 5.97 Å². The topological polar surface area (TPSA) is 41.6 Å². The molecule has 0 spiro atoms. The molecule has 2 atom stereocenters. The molecule has 0 amide bonds. The van der Waals surface area contributed by atoms with Crippen molar-refractivity contribution in [3.63, 3.8) is 0 Å². The molecule has 0 bridgehead atoms. The van der Waals surface area contributed by atoms with E-state index in [9.17, 15) is 4.79 Å². The number of hydrogen-bond donors (Lipinski definition) is 1. The third-order valence-electron chi connectivity index (χ3n) is 5.27. The van der Waals surface area contributed by atoms with Crippen molar-refractivity contribution in [2.75, 3.05) is 13.7 Å². The van der Waals surface area contributed by atoms with Gasteiger partial charge in [0.2, 0.25) is 0 Å². The molecule has 2 unspecified atom stereocenters. The van der Waals surface area contributed by atoms with Crippen LogP contribution in [-0.2, 0) is 9.53 Å². The van der Waals surface area contributed by atoms with Gasteiger partial charge in [-0.1, -0.05) is 0 Å². The Balaban J connectivity index is 2.18. The van der Waals surface area contributed by atoms with Crippen molar-refractivity contribution in [2.45, 2.75) is 89.4 Å². The molecule has 1 heterocycles. The molecular formula is C17H32N2O2. The molecule has 1 saturated heterocycles. The average Bonchev–Trinajstić information content (AvgIpc) is 2.76. The minimum Gasteiger partial charge on any atom is -0.468 e. The van der Waals surface area contributed by atoms with Crippen molar-refractivity contribution in [3.05, 3.63) is 0 Å². The number of carbonyl (C=O) groups is 1. The van der Waals surface area contributed by atoms with Gasteiger partial charge in [0.15, 0.2) is 0 Å². The molecule has 2 fully saturated rings. The Morgan fingerprint density at radius 1 is 1.29 bits per heavy atom. The molecule has 4 heteroatoms. The summed E-state index contributed by atoms with van der Waals surface area (Å²) in [5.41, 5.74) is -0.230. The standard InChI is InChI=1S/C17H32N2O2/c1-13(2)18-17(15(20)21-5)10-6-8-14(12-17)19-11-7-9-16(19,3)4/h13-14,18H,6-12H2,1-5H3. The van der Waals surface area contributed by atoms with Crippen molar-refractivity contribution in [2.24, 2.45) is 0 Å². The molecule has 2 aliphatic rings. The van der Waals surface area contributed by atoms with Crippen molar-refractivity contribution in [1.82, 2.24) is 10.2 Å². The minimum absolute atomic E-state index is 0.0853. The van der Waals surface area contributed by atoms with E-state index in [4.69, 9.17) is 4.74 Å². The first-order chi connectivity index (χ1) is 9.81. The Morgan fingerprint density at radius 2 is 2.00 bits per heavy atom. The zero-order chi connectivity index (χ0) is 15.7. The molecule has 0 aromatic carbocycles. The first-order valence-electron chi connectivity index (χ1n) is 8.44. The van der Waals surface area contributed by atoms with E-state index < -0.39 is 5.54 Å². The molecule has 0 aromatic heterocycles. The smallest absolute Gasteiger partial charge is 0.326 e. The lowest BCUT2D eigenvalue weighted by Crippen LogP contribution is -2.61. The van der Waals surface area contributed by atoms with Gasteiger partial charge < -0.3 is 4.74 Å². The molecule has 2 rings (SSSR count). The summed E-state index contributed by atoms with van der Waals surface area (Å²) in [6.45, 7) is 10.0. The molecule has 0 radical (unpaired) electrons. The predicted molar refractivity (Wildman–Crippen MR) is 85.3 cm³/mol. The quantitative estimate of drug-likeness (QED) is 0.810. The number of carbonyl (C=O) groups excluding carboxylic acids is 1. The van der Waals surface area contributed by atoms with Crippen LogP contribution in [0.3, 0.4) is 0 Å². The maximum atomic E-state index is 12.4. The van der Waals surface area contributed by atoms with Crippen LogP contribution in [0.25, 0.3) is 0 Å². The SMILES string of the molecule is COC(=O)C1(NC(C)C)CCCC(N2CCCC2(C)C)C1. The fraction of sp³-hybridized carbons (Fsp3) is 0.941. The third-order valence-corrected chi connectivity index (χ3v) is 5.27. The van der Waals surface area contributed by atoms with Crippen molar-refractivity contribution in [1.29, 1.82) is 0 Å². The summed E-state index contributed by atoms with van der Waals surface area (Å²) in [4.78, 5) is 15.1. The molecule has 1 aliphatic heterocycles. The third kappa shape index (κ3) is 3.42. The molecule has 122 valence electrons. The zero-order valence-corrected chi connectivity index (χ0v) is 14.4. The summed E-state index contributed by atoms with van der Waals surface area (Å²) in [5.74, 6) is -0.0853. The van der Waals surface area contributed by atoms with Crippen LogP contribution in [0, 0.1) is 0 Å². The van der Waals surface area contributed by atoms with Gasteiger partial charge in [0.1, 0.15) is 5.54 Å². The van der Waals surface area contributed by atoms with Crippen molar-refractivity contribution >= 4 is 5.97 Å². The van der Waals surface area contributed by atoms with Gasteiger partial charge in [0.25, 0.3) is 0 Å². The first kappa shape index (κ1) is 16.8. The van der Waals surface area contributed by atoms with Gasteiger partial charge in [0.05, 0.1) is 7.11 Å². The second-order valence-corrected chi connectivity index (χ2v) is 7.73. The molecule has 0 aromatic rings. The zero-order valence-electron chi connectivity index (χ0n) is 14.4. The Hall–Kier alpha value is -0.610. The summed E-state index contributed by atoms with van der Waals surface area (Å²) in [5, 5.41) is 3.53. The van der Waals surface area contributed by atoms with Gasteiger partial charge in [-0.05, 0) is 72.8 Å².